The molecule has 0 spiro atoms. The van der Waals surface area contributed by atoms with Gasteiger partial charge in [-0.15, -0.1) is 0 Å². The number of nitrogens with zero attached hydrogens (tertiary/aromatic N) is 1. The van der Waals surface area contributed by atoms with Crippen LogP contribution in [0.4, 0.5) is 4.39 Å². The lowest BCUT2D eigenvalue weighted by molar-refractivity contribution is -0.140. The molecule has 2 amide bonds. The van der Waals surface area contributed by atoms with E-state index in [0.717, 1.165) is 17.5 Å². The molecule has 2 rings (SSSR count). The first-order valence-electron chi connectivity index (χ1n) is 9.40. The Morgan fingerprint density at radius 2 is 1.67 bits per heavy atom. The van der Waals surface area contributed by atoms with E-state index in [1.54, 1.807) is 17.0 Å². The Hall–Kier alpha value is -2.69. The van der Waals surface area contributed by atoms with Crippen molar-refractivity contribution in [3.63, 3.8) is 0 Å². The minimum Gasteiger partial charge on any atom is -0.354 e. The van der Waals surface area contributed by atoms with Crippen molar-refractivity contribution in [2.75, 3.05) is 6.54 Å². The number of carbonyl (C=O) groups excluding carboxylic acids is 2. The first-order chi connectivity index (χ1) is 13.0. The predicted molar refractivity (Wildman–Crippen MR) is 104 cm³/mol. The van der Waals surface area contributed by atoms with Crippen molar-refractivity contribution in [2.24, 2.45) is 0 Å². The van der Waals surface area contributed by atoms with E-state index in [4.69, 9.17) is 0 Å². The zero-order valence-electron chi connectivity index (χ0n) is 16.0. The molecule has 1 N–H and O–H groups in total. The maximum absolute atomic E-state index is 13.2. The molecule has 5 heteroatoms. The zero-order chi connectivity index (χ0) is 19.6. The summed E-state index contributed by atoms with van der Waals surface area (Å²) in [5, 5.41) is 2.88. The summed E-state index contributed by atoms with van der Waals surface area (Å²) in [7, 11) is 0. The molecular weight excluding hydrogens is 343 g/mol. The fourth-order valence-electron chi connectivity index (χ4n) is 2.94. The molecule has 0 heterocycles. The lowest BCUT2D eigenvalue weighted by atomic mass is 10.1. The molecule has 1 atom stereocenters. The molecule has 4 nitrogen and oxygen atoms in total. The van der Waals surface area contributed by atoms with Gasteiger partial charge in [0.25, 0.3) is 0 Å². The van der Waals surface area contributed by atoms with E-state index >= 15 is 0 Å². The second-order valence-corrected chi connectivity index (χ2v) is 6.53. The van der Waals surface area contributed by atoms with E-state index in [1.807, 2.05) is 44.2 Å². The number of rotatable bonds is 9. The van der Waals surface area contributed by atoms with Gasteiger partial charge in [-0.2, -0.15) is 0 Å². The molecule has 2 aromatic rings. The molecule has 27 heavy (non-hydrogen) atoms. The lowest BCUT2D eigenvalue weighted by Crippen LogP contribution is -2.49. The average Bonchev–Trinajstić information content (AvgIpc) is 2.68. The fourth-order valence-corrected chi connectivity index (χ4v) is 2.94. The lowest BCUT2D eigenvalue weighted by Gasteiger charge is -2.30. The zero-order valence-corrected chi connectivity index (χ0v) is 16.0. The van der Waals surface area contributed by atoms with Crippen LogP contribution in [0.15, 0.2) is 54.6 Å². The van der Waals surface area contributed by atoms with Crippen LogP contribution >= 0.6 is 0 Å². The van der Waals surface area contributed by atoms with Gasteiger partial charge in [0.15, 0.2) is 0 Å². The molecule has 0 saturated heterocycles. The number of halogens is 1. The summed E-state index contributed by atoms with van der Waals surface area (Å²) < 4.78 is 13.2. The van der Waals surface area contributed by atoms with Crippen LogP contribution in [0.2, 0.25) is 0 Å². The SMILES string of the molecule is CCCNC(=O)[C@@H](CC)N(Cc1ccc(F)cc1)C(=O)Cc1ccccc1. The van der Waals surface area contributed by atoms with Crippen LogP contribution in [-0.2, 0) is 22.6 Å². The largest absolute Gasteiger partial charge is 0.354 e. The fraction of sp³-hybridized carbons (Fsp3) is 0.364. The third-order valence-electron chi connectivity index (χ3n) is 4.40. The Kier molecular flexibility index (Phi) is 7.99. The maximum Gasteiger partial charge on any atom is 0.242 e. The Labute approximate surface area is 160 Å². The summed E-state index contributed by atoms with van der Waals surface area (Å²) in [5.74, 6) is -0.597. The van der Waals surface area contributed by atoms with Crippen molar-refractivity contribution in [3.8, 4) is 0 Å². The third-order valence-corrected chi connectivity index (χ3v) is 4.40. The van der Waals surface area contributed by atoms with E-state index in [9.17, 15) is 14.0 Å². The first kappa shape index (κ1) is 20.6. The molecule has 0 fully saturated rings. The molecule has 0 aliphatic heterocycles. The summed E-state index contributed by atoms with van der Waals surface area (Å²) >= 11 is 0. The number of amides is 2. The van der Waals surface area contributed by atoms with Crippen LogP contribution in [0.25, 0.3) is 0 Å². The van der Waals surface area contributed by atoms with Gasteiger partial charge in [-0.3, -0.25) is 9.59 Å². The van der Waals surface area contributed by atoms with Crippen LogP contribution in [0, 0.1) is 5.82 Å². The minimum absolute atomic E-state index is 0.121. The standard InChI is InChI=1S/C22H27FN2O2/c1-3-14-24-22(27)20(4-2)25(16-18-10-12-19(23)13-11-18)21(26)15-17-8-6-5-7-9-17/h5-13,20H,3-4,14-16H2,1-2H3,(H,24,27)/t20-/m1/s1. The van der Waals surface area contributed by atoms with Crippen molar-refractivity contribution in [3.05, 3.63) is 71.5 Å². The molecule has 0 radical (unpaired) electrons. The molecule has 0 aromatic heterocycles. The predicted octanol–water partition coefficient (Wildman–Crippen LogP) is 3.70. The van der Waals surface area contributed by atoms with Crippen LogP contribution in [0.1, 0.15) is 37.8 Å². The second-order valence-electron chi connectivity index (χ2n) is 6.53. The molecule has 0 unspecified atom stereocenters. The van der Waals surface area contributed by atoms with Gasteiger partial charge in [0, 0.05) is 13.1 Å². The van der Waals surface area contributed by atoms with Crippen molar-refractivity contribution in [2.45, 2.75) is 45.7 Å². The van der Waals surface area contributed by atoms with Crippen LogP contribution in [0.5, 0.6) is 0 Å². The second kappa shape index (κ2) is 10.5. The maximum atomic E-state index is 13.2. The molecule has 0 aliphatic carbocycles. The summed E-state index contributed by atoms with van der Waals surface area (Å²) in [6, 6.07) is 14.9. The highest BCUT2D eigenvalue weighted by Crippen LogP contribution is 2.15. The van der Waals surface area contributed by atoms with Gasteiger partial charge in [-0.05, 0) is 36.1 Å². The summed E-state index contributed by atoms with van der Waals surface area (Å²) in [4.78, 5) is 27.2. The van der Waals surface area contributed by atoms with Gasteiger partial charge >= 0.3 is 0 Å². The van der Waals surface area contributed by atoms with E-state index in [0.29, 0.717) is 13.0 Å². The van der Waals surface area contributed by atoms with Crippen LogP contribution in [-0.4, -0.2) is 29.3 Å². The molecule has 0 bridgehead atoms. The number of benzene rings is 2. The Balaban J connectivity index is 2.23. The van der Waals surface area contributed by atoms with Crippen molar-refractivity contribution in [1.82, 2.24) is 10.2 Å². The van der Waals surface area contributed by atoms with E-state index < -0.39 is 6.04 Å². The topological polar surface area (TPSA) is 49.4 Å². The summed E-state index contributed by atoms with van der Waals surface area (Å²) in [5.41, 5.74) is 1.69. The van der Waals surface area contributed by atoms with Crippen LogP contribution in [0.3, 0.4) is 0 Å². The molecular formula is C22H27FN2O2. The molecule has 0 aliphatic rings. The molecule has 144 valence electrons. The quantitative estimate of drug-likeness (QED) is 0.732. The Bertz CT molecular complexity index is 732. The number of hydrogen-bond acceptors (Lipinski definition) is 2. The number of nitrogens with one attached hydrogen (secondary N) is 1. The third kappa shape index (κ3) is 6.20. The van der Waals surface area contributed by atoms with Crippen molar-refractivity contribution >= 4 is 11.8 Å². The van der Waals surface area contributed by atoms with Gasteiger partial charge in [-0.25, -0.2) is 4.39 Å². The van der Waals surface area contributed by atoms with Gasteiger partial charge in [-0.1, -0.05) is 56.3 Å². The van der Waals surface area contributed by atoms with Crippen molar-refractivity contribution < 1.29 is 14.0 Å². The molecule has 0 saturated carbocycles. The first-order valence-corrected chi connectivity index (χ1v) is 9.40. The van der Waals surface area contributed by atoms with Gasteiger partial charge in [0.1, 0.15) is 11.9 Å². The van der Waals surface area contributed by atoms with E-state index in [1.165, 1.54) is 12.1 Å². The molecule has 2 aromatic carbocycles. The van der Waals surface area contributed by atoms with Gasteiger partial charge in [0.2, 0.25) is 11.8 Å². The summed E-state index contributed by atoms with van der Waals surface area (Å²) in [6.45, 7) is 4.72. The van der Waals surface area contributed by atoms with E-state index in [2.05, 4.69) is 5.32 Å². The Morgan fingerprint density at radius 1 is 1.00 bits per heavy atom. The van der Waals surface area contributed by atoms with Gasteiger partial charge in [0.05, 0.1) is 6.42 Å². The highest BCUT2D eigenvalue weighted by molar-refractivity contribution is 5.88. The summed E-state index contributed by atoms with van der Waals surface area (Å²) in [6.07, 6.45) is 1.56. The average molecular weight is 370 g/mol. The van der Waals surface area contributed by atoms with E-state index in [-0.39, 0.29) is 30.6 Å². The van der Waals surface area contributed by atoms with Crippen LogP contribution < -0.4 is 5.32 Å². The number of carbonyl (C=O) groups is 2. The minimum atomic E-state index is -0.558. The highest BCUT2D eigenvalue weighted by Gasteiger charge is 2.28. The number of hydrogen-bond donors (Lipinski definition) is 1. The normalized spacial score (nSPS) is 11.7. The highest BCUT2D eigenvalue weighted by atomic mass is 19.1. The Morgan fingerprint density at radius 3 is 2.26 bits per heavy atom. The van der Waals surface area contributed by atoms with Gasteiger partial charge < -0.3 is 10.2 Å². The smallest absolute Gasteiger partial charge is 0.242 e. The van der Waals surface area contributed by atoms with Crippen molar-refractivity contribution in [1.29, 1.82) is 0 Å². The monoisotopic (exact) mass is 370 g/mol.